The van der Waals surface area contributed by atoms with E-state index in [-0.39, 0.29) is 16.9 Å². The Morgan fingerprint density at radius 2 is 1.70 bits per heavy atom. The third-order valence-electron chi connectivity index (χ3n) is 9.92. The molecule has 6 heteroatoms. The van der Waals surface area contributed by atoms with Gasteiger partial charge in [-0.05, 0) is 105 Å². The fraction of sp³-hybridized carbons (Fsp3) is 0.704. The lowest BCUT2D eigenvalue weighted by atomic mass is 9.50. The molecule has 5 nitrogen and oxygen atoms in total. The topological polar surface area (TPSA) is 66.8 Å². The van der Waals surface area contributed by atoms with E-state index in [9.17, 15) is 14.7 Å². The van der Waals surface area contributed by atoms with Gasteiger partial charge in [0.15, 0.2) is 0 Å². The lowest BCUT2D eigenvalue weighted by Gasteiger charge is -2.56. The van der Waals surface area contributed by atoms with Crippen molar-refractivity contribution in [2.45, 2.75) is 75.7 Å². The third-order valence-corrected chi connectivity index (χ3v) is 9.92. The number of fused-ring (bicyclic) bond motifs is 1. The van der Waals surface area contributed by atoms with E-state index in [2.05, 4.69) is 0 Å². The number of carbonyl (C=O) groups is 2. The van der Waals surface area contributed by atoms with Crippen LogP contribution in [-0.4, -0.2) is 40.6 Å². The van der Waals surface area contributed by atoms with Gasteiger partial charge >= 0.3 is 5.97 Å². The first-order valence-electron chi connectivity index (χ1n) is 12.9. The van der Waals surface area contributed by atoms with Crippen molar-refractivity contribution in [1.82, 2.24) is 4.90 Å². The lowest BCUT2D eigenvalue weighted by molar-refractivity contribution is -0.143. The predicted octanol–water partition coefficient (Wildman–Crippen LogP) is 4.99. The van der Waals surface area contributed by atoms with Gasteiger partial charge in [-0.15, -0.1) is 0 Å². The lowest BCUT2D eigenvalue weighted by Crippen LogP contribution is -2.48. The Hall–Kier alpha value is -2.11. The van der Waals surface area contributed by atoms with Crippen LogP contribution in [0.1, 0.15) is 86.0 Å². The van der Waals surface area contributed by atoms with E-state index >= 15 is 4.39 Å². The molecular weight excluding hydrogens is 421 g/mol. The molecule has 1 saturated heterocycles. The van der Waals surface area contributed by atoms with Crippen LogP contribution in [0.5, 0.6) is 5.75 Å². The minimum absolute atomic E-state index is 0.00669. The van der Waals surface area contributed by atoms with E-state index in [1.807, 2.05) is 0 Å². The number of rotatable bonds is 6. The number of carbonyl (C=O) groups excluding carboxylic acids is 1. The molecule has 8 rings (SSSR count). The van der Waals surface area contributed by atoms with Crippen LogP contribution < -0.4 is 4.74 Å². The molecule has 1 N–H and O–H groups in total. The molecule has 1 heterocycles. The highest BCUT2D eigenvalue weighted by atomic mass is 19.1. The molecule has 2 unspecified atom stereocenters. The summed E-state index contributed by atoms with van der Waals surface area (Å²) in [5.74, 6) is 1.40. The van der Waals surface area contributed by atoms with Gasteiger partial charge in [-0.3, -0.25) is 4.79 Å². The Balaban J connectivity index is 1.15. The van der Waals surface area contributed by atoms with Crippen LogP contribution in [0.2, 0.25) is 0 Å². The normalized spacial score (nSPS) is 40.1. The van der Waals surface area contributed by atoms with Crippen molar-refractivity contribution in [3.63, 3.8) is 0 Å². The molecule has 0 spiro atoms. The number of benzene rings is 1. The predicted molar refractivity (Wildman–Crippen MR) is 119 cm³/mol. The number of piperidine rings is 1. The molecule has 0 aromatic heterocycles. The Morgan fingerprint density at radius 3 is 2.27 bits per heavy atom. The molecule has 1 aliphatic heterocycles. The second kappa shape index (κ2) is 6.73. The van der Waals surface area contributed by atoms with Crippen molar-refractivity contribution in [3.05, 3.63) is 29.1 Å². The summed E-state index contributed by atoms with van der Waals surface area (Å²) in [4.78, 5) is 26.6. The van der Waals surface area contributed by atoms with Crippen LogP contribution in [0.3, 0.4) is 0 Å². The highest BCUT2D eigenvalue weighted by Gasteiger charge is 2.69. The number of amides is 1. The van der Waals surface area contributed by atoms with E-state index in [0.717, 1.165) is 36.2 Å². The number of nitrogens with zero attached hydrogens (tertiary/aromatic N) is 1. The van der Waals surface area contributed by atoms with Crippen LogP contribution >= 0.6 is 0 Å². The molecule has 7 aliphatic rings. The van der Waals surface area contributed by atoms with Crippen LogP contribution in [0.15, 0.2) is 12.1 Å². The molecule has 4 bridgehead atoms. The maximum atomic E-state index is 15.3. The molecule has 33 heavy (non-hydrogen) atoms. The summed E-state index contributed by atoms with van der Waals surface area (Å²) >= 11 is 0. The molecular formula is C27H32FNO4. The average molecular weight is 454 g/mol. The van der Waals surface area contributed by atoms with Gasteiger partial charge in [-0.1, -0.05) is 0 Å². The first-order chi connectivity index (χ1) is 15.9. The summed E-state index contributed by atoms with van der Waals surface area (Å²) in [6.07, 6.45) is 11.1. The monoisotopic (exact) mass is 453 g/mol. The number of likely N-dealkylation sites (tertiary alicyclic amines) is 1. The SMILES string of the molecule is O=C(c1cc(C2CC2)c(OCC23CC4CC(CC(C4)C2)C3)cc1F)N1CCC2CC21C(=O)O. The molecule has 2 atom stereocenters. The van der Waals surface area contributed by atoms with Crippen LogP contribution in [-0.2, 0) is 4.79 Å². The first-order valence-corrected chi connectivity index (χ1v) is 12.9. The number of carboxylic acid groups (broad SMARTS) is 1. The van der Waals surface area contributed by atoms with E-state index in [0.29, 0.717) is 37.7 Å². The van der Waals surface area contributed by atoms with Gasteiger partial charge in [0.2, 0.25) is 0 Å². The van der Waals surface area contributed by atoms with Crippen molar-refractivity contribution in [1.29, 1.82) is 0 Å². The van der Waals surface area contributed by atoms with Crippen molar-refractivity contribution >= 4 is 11.9 Å². The fourth-order valence-electron chi connectivity index (χ4n) is 8.55. The molecule has 1 amide bonds. The molecule has 7 fully saturated rings. The number of hydrogen-bond donors (Lipinski definition) is 1. The zero-order chi connectivity index (χ0) is 22.5. The van der Waals surface area contributed by atoms with Crippen molar-refractivity contribution in [2.75, 3.05) is 13.2 Å². The van der Waals surface area contributed by atoms with Gasteiger partial charge < -0.3 is 14.7 Å². The van der Waals surface area contributed by atoms with E-state index < -0.39 is 23.2 Å². The molecule has 0 radical (unpaired) electrons. The summed E-state index contributed by atoms with van der Waals surface area (Å²) in [6, 6.07) is 3.09. The molecule has 6 saturated carbocycles. The second-order valence-corrected chi connectivity index (χ2v) is 12.2. The summed E-state index contributed by atoms with van der Waals surface area (Å²) in [7, 11) is 0. The maximum Gasteiger partial charge on any atom is 0.329 e. The molecule has 1 aromatic carbocycles. The largest absolute Gasteiger partial charge is 0.493 e. The van der Waals surface area contributed by atoms with Gasteiger partial charge in [0.25, 0.3) is 5.91 Å². The van der Waals surface area contributed by atoms with E-state index in [1.165, 1.54) is 49.5 Å². The first kappa shape index (κ1) is 20.3. The minimum Gasteiger partial charge on any atom is -0.493 e. The maximum absolute atomic E-state index is 15.3. The van der Waals surface area contributed by atoms with Crippen molar-refractivity contribution in [3.8, 4) is 5.75 Å². The number of aliphatic carboxylic acids is 1. The standard InChI is InChI=1S/C27H32FNO4/c28-22-9-23(33-14-26-10-15-5-16(11-26)7-17(6-15)12-26)20(18-1-2-18)8-21(22)24(30)29-4-3-19-13-27(19,29)25(31)32/h8-9,15-19H,1-7,10-14H2,(H,31,32). The van der Waals surface area contributed by atoms with E-state index in [1.54, 1.807) is 6.07 Å². The third kappa shape index (κ3) is 3.01. The van der Waals surface area contributed by atoms with Crippen LogP contribution in [0.4, 0.5) is 4.39 Å². The van der Waals surface area contributed by atoms with Crippen molar-refractivity contribution < 1.29 is 23.8 Å². The van der Waals surface area contributed by atoms with Gasteiger partial charge in [-0.2, -0.15) is 0 Å². The summed E-state index contributed by atoms with van der Waals surface area (Å²) in [5.41, 5.74) is 0.0645. The summed E-state index contributed by atoms with van der Waals surface area (Å²) in [6.45, 7) is 1.04. The Morgan fingerprint density at radius 1 is 1.03 bits per heavy atom. The average Bonchev–Trinajstić information content (AvgIpc) is 3.69. The number of hydrogen-bond acceptors (Lipinski definition) is 3. The fourth-order valence-corrected chi connectivity index (χ4v) is 8.55. The summed E-state index contributed by atoms with van der Waals surface area (Å²) < 4.78 is 21.7. The second-order valence-electron chi connectivity index (χ2n) is 12.2. The number of ether oxygens (including phenoxy) is 1. The molecule has 6 aliphatic carbocycles. The summed E-state index contributed by atoms with van der Waals surface area (Å²) in [5, 5.41) is 9.73. The van der Waals surface area contributed by atoms with Gasteiger partial charge in [0.1, 0.15) is 17.1 Å². The van der Waals surface area contributed by atoms with Crippen LogP contribution in [0.25, 0.3) is 0 Å². The smallest absolute Gasteiger partial charge is 0.329 e. The van der Waals surface area contributed by atoms with Gasteiger partial charge in [0.05, 0.1) is 12.2 Å². The highest BCUT2D eigenvalue weighted by molar-refractivity contribution is 6.00. The Labute approximate surface area is 193 Å². The Kier molecular flexibility index (Phi) is 4.13. The van der Waals surface area contributed by atoms with Crippen LogP contribution in [0, 0.1) is 34.9 Å². The highest BCUT2D eigenvalue weighted by Crippen LogP contribution is 2.60. The zero-order valence-electron chi connectivity index (χ0n) is 19.0. The van der Waals surface area contributed by atoms with Gasteiger partial charge in [0, 0.05) is 18.0 Å². The molecule has 1 aromatic rings. The minimum atomic E-state index is -1.11. The number of carboxylic acids is 1. The molecule has 176 valence electrons. The zero-order valence-corrected chi connectivity index (χ0v) is 19.0. The number of halogens is 1. The quantitative estimate of drug-likeness (QED) is 0.659. The van der Waals surface area contributed by atoms with Crippen molar-refractivity contribution in [2.24, 2.45) is 29.1 Å². The van der Waals surface area contributed by atoms with Gasteiger partial charge in [-0.25, -0.2) is 9.18 Å². The van der Waals surface area contributed by atoms with E-state index in [4.69, 9.17) is 4.74 Å². The Bertz CT molecular complexity index is 1010.